The van der Waals surface area contributed by atoms with E-state index in [2.05, 4.69) is 17.1 Å². The molecule has 4 rings (SSSR count). The van der Waals surface area contributed by atoms with Crippen LogP contribution in [0, 0.1) is 0 Å². The molecule has 1 aliphatic heterocycles. The number of aromatic hydroxyl groups is 2. The predicted molar refractivity (Wildman–Crippen MR) is 108 cm³/mol. The van der Waals surface area contributed by atoms with E-state index >= 15 is 0 Å². The highest BCUT2D eigenvalue weighted by atomic mass is 16.5. The molecule has 2 aromatic carbocycles. The SMILES string of the molecule is CCCCN1C(=O)c2[nH]nc(-c3ccccc3O)c2C1c1ccc(O)c(OC)c1. The highest BCUT2D eigenvalue weighted by Crippen LogP contribution is 2.45. The Morgan fingerprint density at radius 1 is 1.17 bits per heavy atom. The fourth-order valence-electron chi connectivity index (χ4n) is 3.85. The molecular weight excluding hydrogens is 370 g/mol. The van der Waals surface area contributed by atoms with E-state index in [-0.39, 0.29) is 17.4 Å². The number of nitrogens with one attached hydrogen (secondary N) is 1. The van der Waals surface area contributed by atoms with Gasteiger partial charge >= 0.3 is 0 Å². The first-order valence-corrected chi connectivity index (χ1v) is 9.61. The minimum Gasteiger partial charge on any atom is -0.507 e. The van der Waals surface area contributed by atoms with Crippen molar-refractivity contribution >= 4 is 5.91 Å². The molecule has 7 heteroatoms. The minimum absolute atomic E-state index is 0.0361. The van der Waals surface area contributed by atoms with E-state index in [1.807, 2.05) is 11.0 Å². The van der Waals surface area contributed by atoms with E-state index in [1.54, 1.807) is 36.4 Å². The topological polar surface area (TPSA) is 98.7 Å². The molecule has 150 valence electrons. The van der Waals surface area contributed by atoms with Crippen molar-refractivity contribution in [2.75, 3.05) is 13.7 Å². The number of amides is 1. The van der Waals surface area contributed by atoms with Gasteiger partial charge in [-0.1, -0.05) is 31.5 Å². The maximum absolute atomic E-state index is 13.1. The van der Waals surface area contributed by atoms with Crippen LogP contribution in [-0.2, 0) is 0 Å². The summed E-state index contributed by atoms with van der Waals surface area (Å²) in [5.41, 5.74) is 3.06. The Morgan fingerprint density at radius 2 is 1.97 bits per heavy atom. The maximum Gasteiger partial charge on any atom is 0.273 e. The first-order valence-electron chi connectivity index (χ1n) is 9.61. The summed E-state index contributed by atoms with van der Waals surface area (Å²) in [5.74, 6) is 0.350. The van der Waals surface area contributed by atoms with Crippen molar-refractivity contribution in [1.29, 1.82) is 0 Å². The predicted octanol–water partition coefficient (Wildman–Crippen LogP) is 3.84. The number of fused-ring (bicyclic) bond motifs is 1. The number of aromatic nitrogens is 2. The lowest BCUT2D eigenvalue weighted by Gasteiger charge is -2.26. The molecule has 0 saturated carbocycles. The van der Waals surface area contributed by atoms with E-state index < -0.39 is 6.04 Å². The van der Waals surface area contributed by atoms with Crippen LogP contribution in [0.2, 0.25) is 0 Å². The van der Waals surface area contributed by atoms with Gasteiger partial charge in [-0.3, -0.25) is 9.89 Å². The Labute approximate surface area is 168 Å². The average molecular weight is 393 g/mol. The number of phenolic OH excluding ortho intramolecular Hbond substituents is 2. The van der Waals surface area contributed by atoms with Crippen LogP contribution in [0.4, 0.5) is 0 Å². The number of aromatic amines is 1. The molecule has 0 saturated heterocycles. The van der Waals surface area contributed by atoms with Crippen LogP contribution >= 0.6 is 0 Å². The maximum atomic E-state index is 13.1. The number of rotatable bonds is 6. The van der Waals surface area contributed by atoms with Crippen molar-refractivity contribution in [3.63, 3.8) is 0 Å². The molecule has 7 nitrogen and oxygen atoms in total. The molecule has 1 amide bonds. The second-order valence-corrected chi connectivity index (χ2v) is 7.06. The summed E-state index contributed by atoms with van der Waals surface area (Å²) in [5, 5.41) is 27.6. The second-order valence-electron chi connectivity index (χ2n) is 7.06. The zero-order valence-corrected chi connectivity index (χ0v) is 16.3. The van der Waals surface area contributed by atoms with Gasteiger partial charge in [0.05, 0.1) is 13.2 Å². The summed E-state index contributed by atoms with van der Waals surface area (Å²) in [6.45, 7) is 2.67. The van der Waals surface area contributed by atoms with Gasteiger partial charge in [-0.25, -0.2) is 0 Å². The number of hydrogen-bond acceptors (Lipinski definition) is 5. The molecule has 29 heavy (non-hydrogen) atoms. The number of nitrogens with zero attached hydrogens (tertiary/aromatic N) is 2. The fourth-order valence-corrected chi connectivity index (χ4v) is 3.85. The molecule has 1 atom stereocenters. The molecule has 2 heterocycles. The quantitative estimate of drug-likeness (QED) is 0.591. The van der Waals surface area contributed by atoms with Gasteiger partial charge in [-0.05, 0) is 36.2 Å². The number of unbranched alkanes of at least 4 members (excludes halogenated alkanes) is 1. The van der Waals surface area contributed by atoms with Gasteiger partial charge in [0.25, 0.3) is 5.91 Å². The molecule has 0 fully saturated rings. The zero-order chi connectivity index (χ0) is 20.5. The summed E-state index contributed by atoms with van der Waals surface area (Å²) in [6, 6.07) is 11.6. The van der Waals surface area contributed by atoms with Crippen LogP contribution in [-0.4, -0.2) is 44.9 Å². The van der Waals surface area contributed by atoms with Crippen LogP contribution in [0.1, 0.15) is 47.4 Å². The molecule has 0 radical (unpaired) electrons. The zero-order valence-electron chi connectivity index (χ0n) is 16.3. The first kappa shape index (κ1) is 18.9. The normalized spacial score (nSPS) is 15.6. The highest BCUT2D eigenvalue weighted by molar-refractivity contribution is 6.00. The molecular formula is C22H23N3O4. The lowest BCUT2D eigenvalue weighted by atomic mass is 9.95. The fraction of sp³-hybridized carbons (Fsp3) is 0.273. The smallest absolute Gasteiger partial charge is 0.273 e. The lowest BCUT2D eigenvalue weighted by Crippen LogP contribution is -2.30. The Hall–Kier alpha value is -3.48. The molecule has 0 bridgehead atoms. The average Bonchev–Trinajstić information content (AvgIpc) is 3.26. The van der Waals surface area contributed by atoms with Crippen molar-refractivity contribution in [2.24, 2.45) is 0 Å². The minimum atomic E-state index is -0.396. The van der Waals surface area contributed by atoms with Crippen molar-refractivity contribution in [3.8, 4) is 28.5 Å². The van der Waals surface area contributed by atoms with Crippen molar-refractivity contribution in [1.82, 2.24) is 15.1 Å². The number of H-pyrrole nitrogens is 1. The van der Waals surface area contributed by atoms with E-state index in [1.165, 1.54) is 7.11 Å². The Morgan fingerprint density at radius 3 is 2.69 bits per heavy atom. The van der Waals surface area contributed by atoms with Gasteiger partial charge < -0.3 is 19.8 Å². The number of ether oxygens (including phenoxy) is 1. The second kappa shape index (κ2) is 7.50. The molecule has 3 N–H and O–H groups in total. The van der Waals surface area contributed by atoms with E-state index in [4.69, 9.17) is 4.74 Å². The van der Waals surface area contributed by atoms with Crippen molar-refractivity contribution < 1.29 is 19.7 Å². The monoisotopic (exact) mass is 393 g/mol. The third-order valence-corrected chi connectivity index (χ3v) is 5.30. The van der Waals surface area contributed by atoms with Crippen LogP contribution in [0.25, 0.3) is 11.3 Å². The van der Waals surface area contributed by atoms with Gasteiger partial charge in [-0.2, -0.15) is 5.10 Å². The van der Waals surface area contributed by atoms with Crippen LogP contribution in [0.3, 0.4) is 0 Å². The third kappa shape index (κ3) is 3.08. The van der Waals surface area contributed by atoms with Crippen molar-refractivity contribution in [2.45, 2.75) is 25.8 Å². The molecule has 3 aromatic rings. The molecule has 1 unspecified atom stereocenters. The summed E-state index contributed by atoms with van der Waals surface area (Å²) in [7, 11) is 1.49. The van der Waals surface area contributed by atoms with E-state index in [9.17, 15) is 15.0 Å². The van der Waals surface area contributed by atoms with Gasteiger partial charge in [0.1, 0.15) is 17.1 Å². The third-order valence-electron chi connectivity index (χ3n) is 5.30. The Bertz CT molecular complexity index is 1060. The molecule has 1 aromatic heterocycles. The van der Waals surface area contributed by atoms with Crippen LogP contribution < -0.4 is 4.74 Å². The van der Waals surface area contributed by atoms with Crippen LogP contribution in [0.15, 0.2) is 42.5 Å². The molecule has 0 aliphatic carbocycles. The number of phenols is 2. The van der Waals surface area contributed by atoms with Gasteiger partial charge in [-0.15, -0.1) is 0 Å². The van der Waals surface area contributed by atoms with E-state index in [0.717, 1.165) is 24.0 Å². The highest BCUT2D eigenvalue weighted by Gasteiger charge is 2.42. The lowest BCUT2D eigenvalue weighted by molar-refractivity contribution is 0.0741. The number of carbonyl (C=O) groups excluding carboxylic acids is 1. The molecule has 1 aliphatic rings. The summed E-state index contributed by atoms with van der Waals surface area (Å²) in [4.78, 5) is 15.0. The summed E-state index contributed by atoms with van der Waals surface area (Å²) in [6.07, 6.45) is 1.81. The number of hydrogen-bond donors (Lipinski definition) is 3. The standard InChI is InChI=1S/C22H23N3O4/c1-3-4-11-25-21(13-9-10-16(27)17(12-13)29-2)18-19(23-24-20(18)22(25)28)14-7-5-6-8-15(14)26/h5-10,12,21,26-27H,3-4,11H2,1-2H3,(H,23,24). The number of methoxy groups -OCH3 is 1. The summed E-state index contributed by atoms with van der Waals surface area (Å²) >= 11 is 0. The Balaban J connectivity index is 1.90. The number of carbonyl (C=O) groups is 1. The van der Waals surface area contributed by atoms with Crippen molar-refractivity contribution in [3.05, 3.63) is 59.3 Å². The van der Waals surface area contributed by atoms with Gasteiger partial charge in [0.2, 0.25) is 0 Å². The first-order chi connectivity index (χ1) is 14.1. The van der Waals surface area contributed by atoms with Crippen LogP contribution in [0.5, 0.6) is 17.2 Å². The number of para-hydroxylation sites is 1. The largest absolute Gasteiger partial charge is 0.507 e. The van der Waals surface area contributed by atoms with E-state index in [0.29, 0.717) is 29.2 Å². The van der Waals surface area contributed by atoms with Gasteiger partial charge in [0.15, 0.2) is 11.5 Å². The summed E-state index contributed by atoms with van der Waals surface area (Å²) < 4.78 is 5.27. The molecule has 0 spiro atoms. The van der Waals surface area contributed by atoms with Gasteiger partial charge in [0, 0.05) is 17.7 Å². The number of benzene rings is 2. The Kier molecular flexibility index (Phi) is 4.88.